The molecule has 5 nitrogen and oxygen atoms in total. The number of alkyl halides is 2. The minimum atomic E-state index is -2.49. The van der Waals surface area contributed by atoms with E-state index < -0.39 is 11.7 Å². The number of anilines is 1. The Morgan fingerprint density at radius 3 is 2.35 bits per heavy atom. The highest BCUT2D eigenvalue weighted by Crippen LogP contribution is 2.26. The Morgan fingerprint density at radius 2 is 1.87 bits per heavy atom. The highest BCUT2D eigenvalue weighted by atomic mass is 35.5. The standard InChI is InChI=1S/C14H18F2N2O3S.ClH/c1-2-7-18(9-13(20)21)8-12(19)17-10-3-5-11(6-4-10)22-14(15)16;/h3-6,14H,2,7-9H2,1H3,(H,17,19)(H,20,21);1H. The number of carboxylic acids is 1. The van der Waals surface area contributed by atoms with E-state index in [9.17, 15) is 18.4 Å². The summed E-state index contributed by atoms with van der Waals surface area (Å²) in [6.07, 6.45) is 0.736. The molecular formula is C14H19ClF2N2O3S. The van der Waals surface area contributed by atoms with Crippen molar-refractivity contribution in [3.63, 3.8) is 0 Å². The third-order valence-corrected chi connectivity index (χ3v) is 3.35. The first-order chi connectivity index (χ1) is 10.4. The van der Waals surface area contributed by atoms with Crippen LogP contribution in [0.15, 0.2) is 29.2 Å². The van der Waals surface area contributed by atoms with Gasteiger partial charge in [-0.05, 0) is 37.2 Å². The van der Waals surface area contributed by atoms with Crippen molar-refractivity contribution in [3.05, 3.63) is 24.3 Å². The molecule has 0 aliphatic carbocycles. The number of carbonyl (C=O) groups is 2. The zero-order valence-electron chi connectivity index (χ0n) is 12.5. The number of carboxylic acid groups (broad SMARTS) is 1. The zero-order valence-corrected chi connectivity index (χ0v) is 14.1. The van der Waals surface area contributed by atoms with Gasteiger partial charge in [0, 0.05) is 10.6 Å². The summed E-state index contributed by atoms with van der Waals surface area (Å²) in [5.74, 6) is -3.82. The van der Waals surface area contributed by atoms with E-state index in [0.717, 1.165) is 6.42 Å². The van der Waals surface area contributed by atoms with Gasteiger partial charge in [0.25, 0.3) is 5.76 Å². The van der Waals surface area contributed by atoms with Gasteiger partial charge in [0.05, 0.1) is 13.1 Å². The maximum atomic E-state index is 12.2. The molecule has 0 atom stereocenters. The van der Waals surface area contributed by atoms with Gasteiger partial charge >= 0.3 is 5.97 Å². The maximum absolute atomic E-state index is 12.2. The lowest BCUT2D eigenvalue weighted by atomic mass is 10.3. The van der Waals surface area contributed by atoms with Gasteiger partial charge < -0.3 is 10.4 Å². The number of aliphatic carboxylic acids is 1. The van der Waals surface area contributed by atoms with Crippen LogP contribution in [-0.2, 0) is 9.59 Å². The fourth-order valence-electron chi connectivity index (χ4n) is 1.84. The molecule has 0 radical (unpaired) electrons. The van der Waals surface area contributed by atoms with Gasteiger partial charge in [0.1, 0.15) is 0 Å². The first kappa shape index (κ1) is 21.6. The number of thioether (sulfide) groups is 1. The first-order valence-corrected chi connectivity index (χ1v) is 7.57. The zero-order chi connectivity index (χ0) is 16.5. The van der Waals surface area contributed by atoms with E-state index in [1.165, 1.54) is 29.2 Å². The molecule has 130 valence electrons. The molecule has 23 heavy (non-hydrogen) atoms. The number of halogens is 3. The molecule has 0 fully saturated rings. The van der Waals surface area contributed by atoms with E-state index in [1.807, 2.05) is 6.92 Å². The van der Waals surface area contributed by atoms with Crippen LogP contribution in [-0.4, -0.2) is 47.3 Å². The highest BCUT2D eigenvalue weighted by Gasteiger charge is 2.13. The van der Waals surface area contributed by atoms with Crippen LogP contribution in [0.4, 0.5) is 14.5 Å². The second-order valence-electron chi connectivity index (χ2n) is 4.56. The molecule has 1 aromatic rings. The van der Waals surface area contributed by atoms with Crippen molar-refractivity contribution in [2.45, 2.75) is 24.0 Å². The molecule has 1 rings (SSSR count). The van der Waals surface area contributed by atoms with Gasteiger partial charge in [-0.3, -0.25) is 14.5 Å². The first-order valence-electron chi connectivity index (χ1n) is 6.69. The number of nitrogens with zero attached hydrogens (tertiary/aromatic N) is 1. The van der Waals surface area contributed by atoms with Crippen molar-refractivity contribution in [3.8, 4) is 0 Å². The monoisotopic (exact) mass is 368 g/mol. The van der Waals surface area contributed by atoms with Crippen molar-refractivity contribution in [1.29, 1.82) is 0 Å². The summed E-state index contributed by atoms with van der Waals surface area (Å²) in [7, 11) is 0. The normalized spacial score (nSPS) is 10.5. The highest BCUT2D eigenvalue weighted by molar-refractivity contribution is 7.99. The summed E-state index contributed by atoms with van der Waals surface area (Å²) in [5, 5.41) is 11.4. The van der Waals surface area contributed by atoms with Gasteiger partial charge in [0.2, 0.25) is 5.91 Å². The van der Waals surface area contributed by atoms with Crippen LogP contribution >= 0.6 is 24.2 Å². The number of hydrogen-bond acceptors (Lipinski definition) is 4. The summed E-state index contributed by atoms with van der Waals surface area (Å²) in [5.41, 5.74) is 0.482. The average molecular weight is 369 g/mol. The Labute approximate surface area is 143 Å². The number of nitrogens with one attached hydrogen (secondary N) is 1. The number of benzene rings is 1. The molecule has 2 N–H and O–H groups in total. The fraction of sp³-hybridized carbons (Fsp3) is 0.429. The Morgan fingerprint density at radius 1 is 1.26 bits per heavy atom. The van der Waals surface area contributed by atoms with Crippen molar-refractivity contribution >= 4 is 41.7 Å². The van der Waals surface area contributed by atoms with Crippen LogP contribution in [0, 0.1) is 0 Å². The van der Waals surface area contributed by atoms with E-state index in [-0.39, 0.29) is 31.4 Å². The lowest BCUT2D eigenvalue weighted by molar-refractivity contribution is -0.138. The van der Waals surface area contributed by atoms with Crippen LogP contribution in [0.3, 0.4) is 0 Å². The Kier molecular flexibility index (Phi) is 10.5. The van der Waals surface area contributed by atoms with E-state index in [2.05, 4.69) is 5.32 Å². The van der Waals surface area contributed by atoms with Gasteiger partial charge in [-0.15, -0.1) is 12.4 Å². The smallest absolute Gasteiger partial charge is 0.317 e. The molecule has 1 aromatic carbocycles. The molecule has 0 bridgehead atoms. The second kappa shape index (κ2) is 11.2. The second-order valence-corrected chi connectivity index (χ2v) is 5.62. The Hall–Kier alpha value is -1.38. The lowest BCUT2D eigenvalue weighted by Crippen LogP contribution is -2.37. The lowest BCUT2D eigenvalue weighted by Gasteiger charge is -2.18. The number of carbonyl (C=O) groups excluding carboxylic acids is 1. The number of amides is 1. The molecule has 0 aliphatic rings. The van der Waals surface area contributed by atoms with Gasteiger partial charge in [-0.25, -0.2) is 0 Å². The van der Waals surface area contributed by atoms with Crippen LogP contribution in [0.25, 0.3) is 0 Å². The topological polar surface area (TPSA) is 69.6 Å². The van der Waals surface area contributed by atoms with E-state index in [0.29, 0.717) is 28.9 Å². The van der Waals surface area contributed by atoms with Gasteiger partial charge in [-0.2, -0.15) is 8.78 Å². The molecule has 0 spiro atoms. The Balaban J connectivity index is 0.00000484. The molecule has 9 heteroatoms. The largest absolute Gasteiger partial charge is 0.480 e. The van der Waals surface area contributed by atoms with Crippen molar-refractivity contribution < 1.29 is 23.5 Å². The Bertz CT molecular complexity index is 503. The third-order valence-electron chi connectivity index (χ3n) is 2.63. The quantitative estimate of drug-likeness (QED) is 0.655. The summed E-state index contributed by atoms with van der Waals surface area (Å²) < 4.78 is 24.4. The van der Waals surface area contributed by atoms with E-state index in [1.54, 1.807) is 0 Å². The van der Waals surface area contributed by atoms with Gasteiger partial charge in [-0.1, -0.05) is 18.7 Å². The van der Waals surface area contributed by atoms with Crippen molar-refractivity contribution in [1.82, 2.24) is 4.90 Å². The molecule has 0 saturated carbocycles. The van der Waals surface area contributed by atoms with Crippen LogP contribution in [0.2, 0.25) is 0 Å². The summed E-state index contributed by atoms with van der Waals surface area (Å²) in [4.78, 5) is 24.5. The predicted octanol–water partition coefficient (Wildman–Crippen LogP) is 3.16. The van der Waals surface area contributed by atoms with E-state index in [4.69, 9.17) is 5.11 Å². The number of rotatable bonds is 9. The van der Waals surface area contributed by atoms with Crippen LogP contribution < -0.4 is 5.32 Å². The molecule has 1 amide bonds. The molecule has 0 saturated heterocycles. The van der Waals surface area contributed by atoms with Crippen molar-refractivity contribution in [2.75, 3.05) is 25.0 Å². The van der Waals surface area contributed by atoms with Gasteiger partial charge in [0.15, 0.2) is 0 Å². The van der Waals surface area contributed by atoms with Crippen LogP contribution in [0.1, 0.15) is 13.3 Å². The fourth-order valence-corrected chi connectivity index (χ4v) is 2.34. The number of hydrogen-bond donors (Lipinski definition) is 2. The predicted molar refractivity (Wildman–Crippen MR) is 88.5 cm³/mol. The summed E-state index contributed by atoms with van der Waals surface area (Å²) >= 11 is 0.431. The molecule has 0 unspecified atom stereocenters. The molecular weight excluding hydrogens is 350 g/mol. The maximum Gasteiger partial charge on any atom is 0.317 e. The molecule has 0 aromatic heterocycles. The molecule has 0 aliphatic heterocycles. The SMILES string of the molecule is CCCN(CC(=O)O)CC(=O)Nc1ccc(SC(F)F)cc1.Cl. The molecule has 0 heterocycles. The minimum Gasteiger partial charge on any atom is -0.480 e. The summed E-state index contributed by atoms with van der Waals surface area (Å²) in [6.45, 7) is 2.16. The van der Waals surface area contributed by atoms with E-state index >= 15 is 0 Å². The third kappa shape index (κ3) is 9.37. The van der Waals surface area contributed by atoms with Crippen LogP contribution in [0.5, 0.6) is 0 Å². The average Bonchev–Trinajstić information content (AvgIpc) is 2.40. The van der Waals surface area contributed by atoms with Crippen molar-refractivity contribution in [2.24, 2.45) is 0 Å². The minimum absolute atomic E-state index is 0. The summed E-state index contributed by atoms with van der Waals surface area (Å²) in [6, 6.07) is 6.05.